The van der Waals surface area contributed by atoms with Crippen LogP contribution in [0.25, 0.3) is 20.8 Å². The number of amides is 1. The van der Waals surface area contributed by atoms with Crippen LogP contribution in [0.2, 0.25) is 0 Å². The average molecular weight is 602 g/mol. The van der Waals surface area contributed by atoms with Crippen molar-refractivity contribution in [1.29, 1.82) is 0 Å². The number of morpholine rings is 1. The molecule has 2 unspecified atom stereocenters. The number of hydrogen-bond acceptors (Lipinski definition) is 11. The van der Waals surface area contributed by atoms with E-state index in [9.17, 15) is 4.79 Å². The molecule has 1 saturated heterocycles. The minimum Gasteiger partial charge on any atom is -0.479 e. The fourth-order valence-electron chi connectivity index (χ4n) is 5.55. The highest BCUT2D eigenvalue weighted by molar-refractivity contribution is 7.81. The molecule has 14 heteroatoms. The second-order valence-corrected chi connectivity index (χ2v) is 11.7. The number of alkyl halides is 1. The SMILES string of the molecule is COc1nn(C)cc1C(=O)NCc1nc(-c2sc3c(NC4CCC(N5CCOCC5)C[C@@H]4F)cccc3c2S)no1. The van der Waals surface area contributed by atoms with Crippen molar-refractivity contribution in [2.45, 2.75) is 49.0 Å². The second-order valence-electron chi connectivity index (χ2n) is 10.3. The van der Waals surface area contributed by atoms with Crippen molar-refractivity contribution in [3.8, 4) is 16.6 Å². The highest BCUT2D eigenvalue weighted by Crippen LogP contribution is 2.43. The van der Waals surface area contributed by atoms with Crippen molar-refractivity contribution < 1.29 is 23.2 Å². The Morgan fingerprint density at radius 1 is 1.29 bits per heavy atom. The quantitative estimate of drug-likeness (QED) is 0.258. The molecule has 4 heterocycles. The van der Waals surface area contributed by atoms with Crippen LogP contribution in [0.1, 0.15) is 35.5 Å². The lowest BCUT2D eigenvalue weighted by molar-refractivity contribution is -0.00126. The van der Waals surface area contributed by atoms with Crippen molar-refractivity contribution >= 4 is 45.6 Å². The van der Waals surface area contributed by atoms with Gasteiger partial charge in [-0.15, -0.1) is 29.1 Å². The number of nitrogens with one attached hydrogen (secondary N) is 2. The highest BCUT2D eigenvalue weighted by atomic mass is 32.1. The van der Waals surface area contributed by atoms with Crippen LogP contribution in [0, 0.1) is 0 Å². The van der Waals surface area contributed by atoms with Crippen LogP contribution in [0.4, 0.5) is 10.1 Å². The topological polar surface area (TPSA) is 120 Å². The van der Waals surface area contributed by atoms with Crippen molar-refractivity contribution in [2.24, 2.45) is 7.05 Å². The molecule has 4 aromatic rings. The van der Waals surface area contributed by atoms with Gasteiger partial charge in [-0.25, -0.2) is 4.39 Å². The zero-order valence-corrected chi connectivity index (χ0v) is 24.5. The lowest BCUT2D eigenvalue weighted by atomic mass is 9.88. The number of benzene rings is 1. The van der Waals surface area contributed by atoms with Gasteiger partial charge >= 0.3 is 0 Å². The van der Waals surface area contributed by atoms with Crippen LogP contribution in [0.5, 0.6) is 5.88 Å². The number of aryl methyl sites for hydroxylation is 1. The predicted molar refractivity (Wildman–Crippen MR) is 156 cm³/mol. The fourth-order valence-corrected chi connectivity index (χ4v) is 7.15. The molecule has 1 amide bonds. The Labute approximate surface area is 245 Å². The van der Waals surface area contributed by atoms with Gasteiger partial charge in [-0.05, 0) is 25.3 Å². The van der Waals surface area contributed by atoms with Crippen molar-refractivity contribution in [3.63, 3.8) is 0 Å². The third-order valence-corrected chi connectivity index (χ3v) is 9.49. The molecular weight excluding hydrogens is 569 g/mol. The first-order chi connectivity index (χ1) is 19.9. The summed E-state index contributed by atoms with van der Waals surface area (Å²) in [5, 5.41) is 15.4. The van der Waals surface area contributed by atoms with Gasteiger partial charge in [-0.3, -0.25) is 14.4 Å². The van der Waals surface area contributed by atoms with Crippen LogP contribution < -0.4 is 15.4 Å². The van der Waals surface area contributed by atoms with Crippen LogP contribution in [0.3, 0.4) is 0 Å². The van der Waals surface area contributed by atoms with E-state index in [1.54, 1.807) is 13.2 Å². The lowest BCUT2D eigenvalue weighted by Gasteiger charge is -2.40. The number of carbonyl (C=O) groups is 1. The third kappa shape index (κ3) is 5.78. The summed E-state index contributed by atoms with van der Waals surface area (Å²) in [6.45, 7) is 3.23. The Bertz CT molecular complexity index is 1530. The summed E-state index contributed by atoms with van der Waals surface area (Å²) in [6, 6.07) is 5.90. The van der Waals surface area contributed by atoms with Crippen LogP contribution in [-0.2, 0) is 18.3 Å². The first-order valence-corrected chi connectivity index (χ1v) is 14.8. The first-order valence-electron chi connectivity index (χ1n) is 13.6. The van der Waals surface area contributed by atoms with Gasteiger partial charge in [-0.2, -0.15) is 4.98 Å². The molecule has 3 atom stereocenters. The van der Waals surface area contributed by atoms with E-state index in [-0.39, 0.29) is 36.3 Å². The number of nitrogens with zero attached hydrogens (tertiary/aromatic N) is 5. The molecule has 1 saturated carbocycles. The molecule has 2 aliphatic rings. The summed E-state index contributed by atoms with van der Waals surface area (Å²) < 4.78 is 33.8. The van der Waals surface area contributed by atoms with E-state index in [1.165, 1.54) is 23.1 Å². The van der Waals surface area contributed by atoms with Gasteiger partial charge in [0.1, 0.15) is 11.7 Å². The maximum absolute atomic E-state index is 15.4. The molecular formula is C27H32FN7O4S2. The second kappa shape index (κ2) is 12.0. The lowest BCUT2D eigenvalue weighted by Crippen LogP contribution is -2.49. The number of ether oxygens (including phenoxy) is 2. The Hall–Kier alpha value is -3.20. The summed E-state index contributed by atoms with van der Waals surface area (Å²) in [6.07, 6.45) is 2.87. The van der Waals surface area contributed by atoms with Gasteiger partial charge in [0, 0.05) is 42.7 Å². The number of aromatic nitrogens is 4. The van der Waals surface area contributed by atoms with E-state index in [0.717, 1.165) is 64.7 Å². The molecule has 41 heavy (non-hydrogen) atoms. The van der Waals surface area contributed by atoms with Gasteiger partial charge in [0.05, 0.1) is 48.2 Å². The van der Waals surface area contributed by atoms with E-state index < -0.39 is 6.17 Å². The number of thiophene rings is 1. The Balaban J connectivity index is 1.14. The maximum atomic E-state index is 15.4. The number of anilines is 1. The highest BCUT2D eigenvalue weighted by Gasteiger charge is 2.34. The van der Waals surface area contributed by atoms with Crippen molar-refractivity contribution in [2.75, 3.05) is 38.7 Å². The molecule has 218 valence electrons. The molecule has 2 N–H and O–H groups in total. The van der Waals surface area contributed by atoms with E-state index in [0.29, 0.717) is 17.8 Å². The third-order valence-electron chi connectivity index (χ3n) is 7.64. The zero-order chi connectivity index (χ0) is 28.5. The molecule has 1 aliphatic heterocycles. The zero-order valence-electron chi connectivity index (χ0n) is 22.8. The Morgan fingerprint density at radius 2 is 2.12 bits per heavy atom. The smallest absolute Gasteiger partial charge is 0.258 e. The summed E-state index contributed by atoms with van der Waals surface area (Å²) in [7, 11) is 3.16. The van der Waals surface area contributed by atoms with Crippen molar-refractivity contribution in [3.05, 3.63) is 35.9 Å². The number of halogens is 1. The van der Waals surface area contributed by atoms with Crippen LogP contribution >= 0.6 is 24.0 Å². The number of hydrogen-bond donors (Lipinski definition) is 3. The summed E-state index contributed by atoms with van der Waals surface area (Å²) in [4.78, 5) is 20.9. The number of methoxy groups -OCH3 is 1. The number of rotatable bonds is 8. The van der Waals surface area contributed by atoms with E-state index >= 15 is 4.39 Å². The molecule has 0 spiro atoms. The summed E-state index contributed by atoms with van der Waals surface area (Å²) in [5.74, 6) is 0.485. The number of carbonyl (C=O) groups excluding carboxylic acids is 1. The average Bonchev–Trinajstić information content (AvgIpc) is 3.70. The van der Waals surface area contributed by atoms with E-state index in [2.05, 4.69) is 30.8 Å². The monoisotopic (exact) mass is 601 g/mol. The minimum atomic E-state index is -0.941. The molecule has 3 aromatic heterocycles. The fraction of sp³-hybridized carbons (Fsp3) is 0.481. The van der Waals surface area contributed by atoms with Crippen LogP contribution in [0.15, 0.2) is 33.8 Å². The van der Waals surface area contributed by atoms with Gasteiger partial charge in [0.25, 0.3) is 5.91 Å². The Kier molecular flexibility index (Phi) is 8.15. The van der Waals surface area contributed by atoms with Gasteiger partial charge in [0.2, 0.25) is 17.6 Å². The van der Waals surface area contributed by atoms with E-state index in [1.807, 2.05) is 18.2 Å². The first kappa shape index (κ1) is 27.9. The van der Waals surface area contributed by atoms with Crippen molar-refractivity contribution in [1.82, 2.24) is 30.1 Å². The largest absolute Gasteiger partial charge is 0.479 e. The normalized spacial score (nSPS) is 21.7. The molecule has 1 aliphatic carbocycles. The molecule has 1 aromatic carbocycles. The standard InChI is InChI=1S/C27H32FN7O4S2/c1-34-14-17(27(32-34)37-2)26(36)29-13-21-31-25(33-39-21)24-22(40)16-4-3-5-20(23(16)41-24)30-19-7-6-15(12-18(19)28)35-8-10-38-11-9-35/h3-5,14-15,18-19,30,40H,6-13H2,1-2H3,(H,29,36)/t15?,18-,19?/m0/s1. The Morgan fingerprint density at radius 3 is 2.90 bits per heavy atom. The molecule has 11 nitrogen and oxygen atoms in total. The van der Waals surface area contributed by atoms with Crippen LogP contribution in [-0.4, -0.2) is 82.4 Å². The molecule has 0 bridgehead atoms. The van der Waals surface area contributed by atoms with Gasteiger partial charge < -0.3 is 24.6 Å². The molecule has 0 radical (unpaired) electrons. The molecule has 2 fully saturated rings. The maximum Gasteiger partial charge on any atom is 0.258 e. The summed E-state index contributed by atoms with van der Waals surface area (Å²) >= 11 is 6.25. The predicted octanol–water partition coefficient (Wildman–Crippen LogP) is 3.92. The minimum absolute atomic E-state index is 0.0362. The number of thiol groups is 1. The number of fused-ring (bicyclic) bond motifs is 1. The molecule has 6 rings (SSSR count). The van der Waals surface area contributed by atoms with Gasteiger partial charge in [0.15, 0.2) is 0 Å². The summed E-state index contributed by atoms with van der Waals surface area (Å²) in [5.41, 5.74) is 1.18. The van der Waals surface area contributed by atoms with Gasteiger partial charge in [-0.1, -0.05) is 17.3 Å². The van der Waals surface area contributed by atoms with E-state index in [4.69, 9.17) is 26.6 Å².